The average molecular weight is 484 g/mol. The molecule has 2 aromatic heterocycles. The van der Waals surface area contributed by atoms with Crippen molar-refractivity contribution in [3.63, 3.8) is 0 Å². The third-order valence-electron chi connectivity index (χ3n) is 6.32. The van der Waals surface area contributed by atoms with Gasteiger partial charge in [-0.1, -0.05) is 0 Å². The van der Waals surface area contributed by atoms with Gasteiger partial charge in [-0.2, -0.15) is 0 Å². The molecule has 2 aliphatic heterocycles. The molecule has 1 fully saturated rings. The predicted octanol–water partition coefficient (Wildman–Crippen LogP) is 3.23. The van der Waals surface area contributed by atoms with Gasteiger partial charge in [-0.15, -0.1) is 11.3 Å². The molecule has 0 N–H and O–H groups in total. The van der Waals surface area contributed by atoms with Gasteiger partial charge >= 0.3 is 5.97 Å². The molecule has 2 aliphatic rings. The topological polar surface area (TPSA) is 98.6 Å². The number of rotatable bonds is 3. The Morgan fingerprint density at radius 1 is 1.12 bits per heavy atom. The first-order valence-electron chi connectivity index (χ1n) is 11.2. The van der Waals surface area contributed by atoms with Crippen molar-refractivity contribution in [3.8, 4) is 0 Å². The Kier molecular flexibility index (Phi) is 5.76. The lowest BCUT2D eigenvalue weighted by molar-refractivity contribution is -0.137. The zero-order chi connectivity index (χ0) is 24.0. The zero-order valence-electron chi connectivity index (χ0n) is 18.5. The summed E-state index contributed by atoms with van der Waals surface area (Å²) in [4.78, 5) is 58.3. The van der Waals surface area contributed by atoms with Crippen molar-refractivity contribution >= 4 is 39.3 Å². The maximum absolute atomic E-state index is 13.2. The number of ether oxygens (including phenoxy) is 1. The van der Waals surface area contributed by atoms with Gasteiger partial charge in [0.05, 0.1) is 5.39 Å². The van der Waals surface area contributed by atoms with Gasteiger partial charge in [-0.05, 0) is 62.4 Å². The van der Waals surface area contributed by atoms with Crippen LogP contribution in [0.15, 0.2) is 29.1 Å². The van der Waals surface area contributed by atoms with Crippen molar-refractivity contribution in [2.75, 3.05) is 6.54 Å². The number of benzene rings is 1. The third-order valence-corrected chi connectivity index (χ3v) is 7.49. The van der Waals surface area contributed by atoms with Crippen molar-refractivity contribution in [2.45, 2.75) is 51.7 Å². The fourth-order valence-corrected chi connectivity index (χ4v) is 5.59. The van der Waals surface area contributed by atoms with Gasteiger partial charge in [0.1, 0.15) is 21.3 Å². The van der Waals surface area contributed by atoms with E-state index in [-0.39, 0.29) is 29.0 Å². The van der Waals surface area contributed by atoms with E-state index in [1.807, 2.05) is 0 Å². The molecule has 8 nitrogen and oxygen atoms in total. The number of esters is 1. The van der Waals surface area contributed by atoms with E-state index in [1.165, 1.54) is 12.1 Å². The van der Waals surface area contributed by atoms with Crippen LogP contribution in [0, 0.1) is 12.7 Å². The van der Waals surface area contributed by atoms with Crippen LogP contribution in [-0.4, -0.2) is 44.9 Å². The Bertz CT molecular complexity index is 1380. The number of aromatic nitrogens is 2. The number of aryl methyl sites for hydroxylation is 2. The van der Waals surface area contributed by atoms with Crippen LogP contribution in [-0.2, 0) is 22.5 Å². The summed E-state index contributed by atoms with van der Waals surface area (Å²) >= 11 is 1.09. The van der Waals surface area contributed by atoms with Crippen LogP contribution >= 0.6 is 11.3 Å². The second-order valence-electron chi connectivity index (χ2n) is 8.52. The summed E-state index contributed by atoms with van der Waals surface area (Å²) in [6.07, 6.45) is 1.92. The Morgan fingerprint density at radius 3 is 2.65 bits per heavy atom. The number of hydrogen-bond donors (Lipinski definition) is 0. The predicted molar refractivity (Wildman–Crippen MR) is 122 cm³/mol. The quantitative estimate of drug-likeness (QED) is 0.419. The second-order valence-corrected chi connectivity index (χ2v) is 9.52. The molecule has 2 amide bonds. The number of fused-ring (bicyclic) bond motifs is 2. The summed E-state index contributed by atoms with van der Waals surface area (Å²) in [6.45, 7) is 2.48. The highest BCUT2D eigenvalue weighted by Gasteiger charge is 2.35. The van der Waals surface area contributed by atoms with Crippen molar-refractivity contribution in [1.82, 2.24) is 14.5 Å². The minimum atomic E-state index is -1.12. The summed E-state index contributed by atoms with van der Waals surface area (Å²) in [5.74, 6) is -1.63. The van der Waals surface area contributed by atoms with Crippen molar-refractivity contribution in [3.05, 3.63) is 62.3 Å². The summed E-state index contributed by atoms with van der Waals surface area (Å²) in [5.41, 5.74) is 0.513. The van der Waals surface area contributed by atoms with Gasteiger partial charge in [0.2, 0.25) is 0 Å². The van der Waals surface area contributed by atoms with Crippen LogP contribution in [0.4, 0.5) is 4.39 Å². The number of carbonyl (C=O) groups is 3. The van der Waals surface area contributed by atoms with E-state index in [4.69, 9.17) is 4.74 Å². The van der Waals surface area contributed by atoms with Crippen LogP contribution in [0.2, 0.25) is 0 Å². The summed E-state index contributed by atoms with van der Waals surface area (Å²) in [6, 6.07) is 4.95. The Balaban J connectivity index is 1.40. The standard InChI is InChI=1S/C24H22FN3O5S/c1-13-18-20(26-17-6-4-12-27(17)23(18)31)34-19(13)24(32)33-16-5-2-3-11-28(22(16)30)21(29)14-7-9-15(25)10-8-14/h7-10,16H,2-6,11-12H2,1H3. The van der Waals surface area contributed by atoms with Gasteiger partial charge < -0.3 is 4.74 Å². The van der Waals surface area contributed by atoms with Gasteiger partial charge in [0.15, 0.2) is 6.10 Å². The van der Waals surface area contributed by atoms with Crippen LogP contribution < -0.4 is 5.56 Å². The fraction of sp³-hybridized carbons (Fsp3) is 0.375. The minimum absolute atomic E-state index is 0.160. The van der Waals surface area contributed by atoms with E-state index in [1.54, 1.807) is 11.5 Å². The van der Waals surface area contributed by atoms with E-state index in [0.29, 0.717) is 41.0 Å². The molecule has 0 aliphatic carbocycles. The monoisotopic (exact) mass is 483 g/mol. The number of imide groups is 1. The molecular weight excluding hydrogens is 461 g/mol. The van der Waals surface area contributed by atoms with E-state index >= 15 is 0 Å². The van der Waals surface area contributed by atoms with Gasteiger partial charge in [0.25, 0.3) is 17.4 Å². The number of carbonyl (C=O) groups excluding carboxylic acids is 3. The van der Waals surface area contributed by atoms with E-state index in [2.05, 4.69) is 4.98 Å². The smallest absolute Gasteiger partial charge is 0.349 e. The molecule has 10 heteroatoms. The summed E-state index contributed by atoms with van der Waals surface area (Å²) < 4.78 is 20.5. The SMILES string of the molecule is Cc1c(C(=O)OC2CCCCN(C(=O)c3ccc(F)cc3)C2=O)sc2nc3n(c(=O)c12)CCC3. The molecule has 0 spiro atoms. The minimum Gasteiger partial charge on any atom is -0.448 e. The number of likely N-dealkylation sites (tertiary alicyclic amines) is 1. The highest BCUT2D eigenvalue weighted by molar-refractivity contribution is 7.20. The fourth-order valence-electron chi connectivity index (χ4n) is 4.52. The summed E-state index contributed by atoms with van der Waals surface area (Å²) in [5, 5.41) is 0.405. The number of hydrogen-bond acceptors (Lipinski definition) is 7. The number of nitrogens with zero attached hydrogens (tertiary/aromatic N) is 3. The lowest BCUT2D eigenvalue weighted by atomic mass is 10.1. The molecule has 0 radical (unpaired) electrons. The van der Waals surface area contributed by atoms with Crippen LogP contribution in [0.1, 0.15) is 57.1 Å². The second kappa shape index (κ2) is 8.75. The molecule has 3 aromatic rings. The first kappa shape index (κ1) is 22.4. The van der Waals surface area contributed by atoms with E-state index in [9.17, 15) is 23.6 Å². The van der Waals surface area contributed by atoms with Gasteiger partial charge in [0, 0.05) is 25.1 Å². The van der Waals surface area contributed by atoms with Crippen LogP contribution in [0.25, 0.3) is 10.2 Å². The maximum atomic E-state index is 13.2. The van der Waals surface area contributed by atoms with E-state index in [0.717, 1.165) is 41.2 Å². The molecule has 1 unspecified atom stereocenters. The molecule has 1 saturated heterocycles. The normalized spacial score (nSPS) is 18.1. The first-order valence-corrected chi connectivity index (χ1v) is 12.0. The van der Waals surface area contributed by atoms with Crippen molar-refractivity contribution in [2.24, 2.45) is 0 Å². The third kappa shape index (κ3) is 3.81. The van der Waals surface area contributed by atoms with E-state index < -0.39 is 29.7 Å². The Labute approximate surface area is 198 Å². The highest BCUT2D eigenvalue weighted by atomic mass is 32.1. The molecule has 176 valence electrons. The highest BCUT2D eigenvalue weighted by Crippen LogP contribution is 2.30. The van der Waals surface area contributed by atoms with Gasteiger partial charge in [-0.3, -0.25) is 23.9 Å². The van der Waals surface area contributed by atoms with Crippen molar-refractivity contribution < 1.29 is 23.5 Å². The number of thiophene rings is 1. The summed E-state index contributed by atoms with van der Waals surface area (Å²) in [7, 11) is 0. The number of halogens is 1. The lowest BCUT2D eigenvalue weighted by Crippen LogP contribution is -2.43. The molecule has 4 heterocycles. The zero-order valence-corrected chi connectivity index (χ0v) is 19.3. The first-order chi connectivity index (χ1) is 16.3. The molecule has 1 aromatic carbocycles. The van der Waals surface area contributed by atoms with Crippen molar-refractivity contribution in [1.29, 1.82) is 0 Å². The molecule has 0 bridgehead atoms. The molecular formula is C24H22FN3O5S. The maximum Gasteiger partial charge on any atom is 0.349 e. The van der Waals surface area contributed by atoms with Crippen LogP contribution in [0.5, 0.6) is 0 Å². The Hall–Kier alpha value is -3.40. The van der Waals surface area contributed by atoms with Crippen LogP contribution in [0.3, 0.4) is 0 Å². The molecule has 0 saturated carbocycles. The molecule has 34 heavy (non-hydrogen) atoms. The average Bonchev–Trinajstić information content (AvgIpc) is 3.38. The lowest BCUT2D eigenvalue weighted by Gasteiger charge is -2.22. The Morgan fingerprint density at radius 2 is 1.88 bits per heavy atom. The van der Waals surface area contributed by atoms with Gasteiger partial charge in [-0.25, -0.2) is 14.2 Å². The number of amides is 2. The largest absolute Gasteiger partial charge is 0.448 e. The molecule has 5 rings (SSSR count). The molecule has 1 atom stereocenters.